The number of pyridine rings is 1. The zero-order valence-corrected chi connectivity index (χ0v) is 16.0. The molecule has 2 heterocycles. The SMILES string of the molecule is O=C(/C=C/c1cc2ccccc2nc1N1CCOCC1)c1cccc(C(F)(F)F)c1. The largest absolute Gasteiger partial charge is 0.416 e. The molecule has 7 heteroatoms. The maximum Gasteiger partial charge on any atom is 0.416 e. The van der Waals surface area contributed by atoms with Gasteiger partial charge in [-0.05, 0) is 36.4 Å². The Hall–Kier alpha value is -3.19. The molecule has 0 aliphatic carbocycles. The molecule has 4 nitrogen and oxygen atoms in total. The van der Waals surface area contributed by atoms with Crippen LogP contribution in [-0.2, 0) is 10.9 Å². The Bertz CT molecular complexity index is 1100. The van der Waals surface area contributed by atoms with Crippen LogP contribution in [0.15, 0.2) is 60.7 Å². The summed E-state index contributed by atoms with van der Waals surface area (Å²) in [5, 5.41) is 0.917. The third-order valence-electron chi connectivity index (χ3n) is 4.93. The molecule has 0 saturated carbocycles. The summed E-state index contributed by atoms with van der Waals surface area (Å²) in [5.41, 5.74) is 0.710. The van der Waals surface area contributed by atoms with Crippen molar-refractivity contribution >= 4 is 28.6 Å². The highest BCUT2D eigenvalue weighted by molar-refractivity contribution is 6.07. The summed E-state index contributed by atoms with van der Waals surface area (Å²) < 4.78 is 44.2. The second-order valence-electron chi connectivity index (χ2n) is 6.97. The lowest BCUT2D eigenvalue weighted by atomic mass is 10.0. The van der Waals surface area contributed by atoms with E-state index in [1.165, 1.54) is 18.2 Å². The summed E-state index contributed by atoms with van der Waals surface area (Å²) in [6.45, 7) is 2.52. The number of benzene rings is 2. The highest BCUT2D eigenvalue weighted by Gasteiger charge is 2.30. The van der Waals surface area contributed by atoms with Crippen molar-refractivity contribution < 1.29 is 22.7 Å². The fourth-order valence-corrected chi connectivity index (χ4v) is 3.38. The van der Waals surface area contributed by atoms with Gasteiger partial charge in [0.2, 0.25) is 0 Å². The first-order chi connectivity index (χ1) is 14.4. The van der Waals surface area contributed by atoms with Gasteiger partial charge in [0.15, 0.2) is 5.78 Å². The first-order valence-corrected chi connectivity index (χ1v) is 9.54. The van der Waals surface area contributed by atoms with E-state index in [9.17, 15) is 18.0 Å². The highest BCUT2D eigenvalue weighted by Crippen LogP contribution is 2.30. The van der Waals surface area contributed by atoms with Crippen LogP contribution in [0.3, 0.4) is 0 Å². The Labute approximate surface area is 171 Å². The van der Waals surface area contributed by atoms with Crippen LogP contribution in [0.5, 0.6) is 0 Å². The van der Waals surface area contributed by atoms with Gasteiger partial charge in [0.25, 0.3) is 0 Å². The van der Waals surface area contributed by atoms with Gasteiger partial charge in [0, 0.05) is 29.6 Å². The van der Waals surface area contributed by atoms with Gasteiger partial charge < -0.3 is 9.64 Å². The molecule has 3 aromatic rings. The van der Waals surface area contributed by atoms with Crippen molar-refractivity contribution in [1.82, 2.24) is 4.98 Å². The fourth-order valence-electron chi connectivity index (χ4n) is 3.38. The van der Waals surface area contributed by atoms with Crippen molar-refractivity contribution in [3.8, 4) is 0 Å². The predicted molar refractivity (Wildman–Crippen MR) is 110 cm³/mol. The summed E-state index contributed by atoms with van der Waals surface area (Å²) >= 11 is 0. The van der Waals surface area contributed by atoms with Crippen molar-refractivity contribution in [3.63, 3.8) is 0 Å². The van der Waals surface area contributed by atoms with Crippen molar-refractivity contribution in [2.24, 2.45) is 0 Å². The monoisotopic (exact) mass is 412 g/mol. The minimum Gasteiger partial charge on any atom is -0.378 e. The number of carbonyl (C=O) groups is 1. The molecule has 0 amide bonds. The van der Waals surface area contributed by atoms with Crippen LogP contribution in [0, 0.1) is 0 Å². The number of para-hydroxylation sites is 1. The van der Waals surface area contributed by atoms with Gasteiger partial charge in [0.1, 0.15) is 5.82 Å². The molecule has 0 bridgehead atoms. The standard InChI is InChI=1S/C23H19F3N2O2/c24-23(25,26)19-6-3-5-17(15-19)21(29)9-8-18-14-16-4-1-2-7-20(16)27-22(18)28-10-12-30-13-11-28/h1-9,14-15H,10-13H2/b9-8+. The molecule has 4 rings (SSSR count). The molecule has 0 radical (unpaired) electrons. The normalized spacial score (nSPS) is 15.1. The molecule has 1 fully saturated rings. The smallest absolute Gasteiger partial charge is 0.378 e. The summed E-state index contributed by atoms with van der Waals surface area (Å²) in [6, 6.07) is 14.0. The molecule has 0 spiro atoms. The molecule has 154 valence electrons. The van der Waals surface area contributed by atoms with Crippen LogP contribution in [-0.4, -0.2) is 37.1 Å². The number of allylic oxidation sites excluding steroid dienone is 1. The van der Waals surface area contributed by atoms with Gasteiger partial charge in [-0.3, -0.25) is 4.79 Å². The van der Waals surface area contributed by atoms with E-state index in [1.54, 1.807) is 6.08 Å². The van der Waals surface area contributed by atoms with E-state index in [-0.39, 0.29) is 5.56 Å². The van der Waals surface area contributed by atoms with E-state index >= 15 is 0 Å². The third-order valence-corrected chi connectivity index (χ3v) is 4.93. The number of nitrogens with zero attached hydrogens (tertiary/aromatic N) is 2. The van der Waals surface area contributed by atoms with Gasteiger partial charge in [-0.1, -0.05) is 30.3 Å². The number of rotatable bonds is 4. The number of anilines is 1. The molecule has 1 aliphatic heterocycles. The van der Waals surface area contributed by atoms with Crippen LogP contribution < -0.4 is 4.90 Å². The summed E-state index contributed by atoms with van der Waals surface area (Å²) in [7, 11) is 0. The quantitative estimate of drug-likeness (QED) is 0.448. The minimum atomic E-state index is -4.49. The Morgan fingerprint density at radius 2 is 1.80 bits per heavy atom. The molecular weight excluding hydrogens is 393 g/mol. The van der Waals surface area contributed by atoms with E-state index in [0.29, 0.717) is 26.3 Å². The first-order valence-electron chi connectivity index (χ1n) is 9.54. The third kappa shape index (κ3) is 4.36. The van der Waals surface area contributed by atoms with Crippen molar-refractivity contribution in [3.05, 3.63) is 77.4 Å². The van der Waals surface area contributed by atoms with E-state index in [0.717, 1.165) is 34.4 Å². The number of aromatic nitrogens is 1. The van der Waals surface area contributed by atoms with Crippen molar-refractivity contribution in [2.45, 2.75) is 6.18 Å². The van der Waals surface area contributed by atoms with Crippen LogP contribution in [0.25, 0.3) is 17.0 Å². The number of alkyl halides is 3. The molecule has 0 atom stereocenters. The Kier molecular flexibility index (Phi) is 5.55. The summed E-state index contributed by atoms with van der Waals surface area (Å²) in [4.78, 5) is 19.4. The molecule has 1 aromatic heterocycles. The molecule has 1 aliphatic rings. The Morgan fingerprint density at radius 3 is 2.57 bits per heavy atom. The van der Waals surface area contributed by atoms with Gasteiger partial charge in [-0.25, -0.2) is 4.98 Å². The number of carbonyl (C=O) groups excluding carboxylic acids is 1. The maximum absolute atomic E-state index is 12.9. The van der Waals surface area contributed by atoms with Crippen molar-refractivity contribution in [2.75, 3.05) is 31.2 Å². The average molecular weight is 412 g/mol. The highest BCUT2D eigenvalue weighted by atomic mass is 19.4. The molecule has 30 heavy (non-hydrogen) atoms. The Balaban J connectivity index is 1.68. The molecule has 2 aromatic carbocycles. The molecular formula is C23H19F3N2O2. The lowest BCUT2D eigenvalue weighted by Gasteiger charge is -2.29. The van der Waals surface area contributed by atoms with Crippen LogP contribution in [0.2, 0.25) is 0 Å². The molecule has 0 N–H and O–H groups in total. The van der Waals surface area contributed by atoms with Gasteiger partial charge >= 0.3 is 6.18 Å². The van der Waals surface area contributed by atoms with Gasteiger partial charge in [-0.2, -0.15) is 13.2 Å². The minimum absolute atomic E-state index is 0.0113. The topological polar surface area (TPSA) is 42.4 Å². The number of hydrogen-bond acceptors (Lipinski definition) is 4. The average Bonchev–Trinajstić information content (AvgIpc) is 2.77. The van der Waals surface area contributed by atoms with Gasteiger partial charge in [-0.15, -0.1) is 0 Å². The number of halogens is 3. The van der Waals surface area contributed by atoms with E-state index < -0.39 is 17.5 Å². The predicted octanol–water partition coefficient (Wildman–Crippen LogP) is 4.99. The number of morpholine rings is 1. The number of ether oxygens (including phenoxy) is 1. The summed E-state index contributed by atoms with van der Waals surface area (Å²) in [5.74, 6) is 0.229. The van der Waals surface area contributed by atoms with Crippen molar-refractivity contribution in [1.29, 1.82) is 0 Å². The molecule has 1 saturated heterocycles. The zero-order valence-electron chi connectivity index (χ0n) is 16.0. The van der Waals surface area contributed by atoms with E-state index in [4.69, 9.17) is 9.72 Å². The Morgan fingerprint density at radius 1 is 1.03 bits per heavy atom. The van der Waals surface area contributed by atoms with Crippen LogP contribution in [0.4, 0.5) is 19.0 Å². The number of ketones is 1. The lowest BCUT2D eigenvalue weighted by Crippen LogP contribution is -2.37. The van der Waals surface area contributed by atoms with E-state index in [1.807, 2.05) is 30.3 Å². The van der Waals surface area contributed by atoms with Crippen LogP contribution >= 0.6 is 0 Å². The number of fused-ring (bicyclic) bond motifs is 1. The second-order valence-corrected chi connectivity index (χ2v) is 6.97. The van der Waals surface area contributed by atoms with Gasteiger partial charge in [0.05, 0.1) is 24.3 Å². The van der Waals surface area contributed by atoms with Crippen LogP contribution in [0.1, 0.15) is 21.5 Å². The summed E-state index contributed by atoms with van der Waals surface area (Å²) in [6.07, 6.45) is -1.58. The lowest BCUT2D eigenvalue weighted by molar-refractivity contribution is -0.137. The number of hydrogen-bond donors (Lipinski definition) is 0. The molecule has 0 unspecified atom stereocenters. The zero-order chi connectivity index (χ0) is 21.1. The second kappa shape index (κ2) is 8.28. The maximum atomic E-state index is 12.9. The first kappa shape index (κ1) is 20.1. The fraction of sp³-hybridized carbons (Fsp3) is 0.217. The van der Waals surface area contributed by atoms with E-state index in [2.05, 4.69) is 4.90 Å².